The average molecular weight is 244 g/mol. The van der Waals surface area contributed by atoms with Crippen molar-refractivity contribution in [2.45, 2.75) is 39.3 Å². The summed E-state index contributed by atoms with van der Waals surface area (Å²) in [5.74, 6) is 0.962. The zero-order chi connectivity index (χ0) is 12.5. The average Bonchev–Trinajstić information content (AvgIpc) is 3.12. The lowest BCUT2D eigenvalue weighted by atomic mass is 10.0. The Morgan fingerprint density at radius 3 is 2.56 bits per heavy atom. The first kappa shape index (κ1) is 12.2. The smallest absolute Gasteiger partial charge is 0.0252 e. The lowest BCUT2D eigenvalue weighted by Crippen LogP contribution is -2.51. The minimum Gasteiger partial charge on any atom is -0.314 e. The van der Waals surface area contributed by atoms with Crippen LogP contribution < -0.4 is 5.32 Å². The van der Waals surface area contributed by atoms with E-state index in [1.807, 2.05) is 0 Å². The minimum atomic E-state index is 0.777. The molecule has 3 rings (SSSR count). The molecule has 1 saturated carbocycles. The zero-order valence-corrected chi connectivity index (χ0v) is 11.6. The summed E-state index contributed by atoms with van der Waals surface area (Å²) in [6.45, 7) is 9.07. The number of rotatable bonds is 3. The Morgan fingerprint density at radius 2 is 1.89 bits per heavy atom. The molecule has 1 unspecified atom stereocenters. The lowest BCUT2D eigenvalue weighted by Gasteiger charge is -2.36. The molecule has 2 aliphatic rings. The van der Waals surface area contributed by atoms with Gasteiger partial charge in [-0.15, -0.1) is 0 Å². The Hall–Kier alpha value is -0.860. The third-order valence-corrected chi connectivity index (χ3v) is 4.23. The van der Waals surface area contributed by atoms with E-state index in [4.69, 9.17) is 0 Å². The highest BCUT2D eigenvalue weighted by Crippen LogP contribution is 2.36. The van der Waals surface area contributed by atoms with Crippen molar-refractivity contribution in [1.82, 2.24) is 10.2 Å². The number of piperazine rings is 1. The molecule has 2 fully saturated rings. The van der Waals surface area contributed by atoms with Gasteiger partial charge in [0.05, 0.1) is 0 Å². The molecule has 1 heterocycles. The predicted octanol–water partition coefficient (Wildman–Crippen LogP) is 2.49. The Balaban J connectivity index is 1.73. The third-order valence-electron chi connectivity index (χ3n) is 4.23. The summed E-state index contributed by atoms with van der Waals surface area (Å²) in [6.07, 6.45) is 2.88. The highest BCUT2D eigenvalue weighted by atomic mass is 15.2. The van der Waals surface area contributed by atoms with E-state index in [1.54, 1.807) is 0 Å². The summed E-state index contributed by atoms with van der Waals surface area (Å²) in [5, 5.41) is 3.55. The standard InChI is InChI=1S/C16H24N2/c1-12-7-13(2)9-14(8-12)11-18-6-5-17-10-16(18)15-3-4-15/h7-9,15-17H,3-6,10-11H2,1-2H3. The first-order valence-electron chi connectivity index (χ1n) is 7.24. The lowest BCUT2D eigenvalue weighted by molar-refractivity contribution is 0.135. The summed E-state index contributed by atoms with van der Waals surface area (Å²) in [4.78, 5) is 2.70. The number of nitrogens with zero attached hydrogens (tertiary/aromatic N) is 1. The van der Waals surface area contributed by atoms with Crippen molar-refractivity contribution in [3.05, 3.63) is 34.9 Å². The van der Waals surface area contributed by atoms with Gasteiger partial charge in [-0.1, -0.05) is 29.3 Å². The van der Waals surface area contributed by atoms with E-state index in [9.17, 15) is 0 Å². The number of aryl methyl sites for hydroxylation is 2. The maximum Gasteiger partial charge on any atom is 0.0252 e. The topological polar surface area (TPSA) is 15.3 Å². The summed E-state index contributed by atoms with van der Waals surface area (Å²) in [6, 6.07) is 7.73. The van der Waals surface area contributed by atoms with Crippen molar-refractivity contribution in [2.75, 3.05) is 19.6 Å². The molecular formula is C16H24N2. The van der Waals surface area contributed by atoms with Crippen LogP contribution >= 0.6 is 0 Å². The molecule has 1 atom stereocenters. The van der Waals surface area contributed by atoms with Crippen molar-refractivity contribution in [1.29, 1.82) is 0 Å². The van der Waals surface area contributed by atoms with E-state index in [0.29, 0.717) is 0 Å². The van der Waals surface area contributed by atoms with Crippen molar-refractivity contribution in [2.24, 2.45) is 5.92 Å². The van der Waals surface area contributed by atoms with Crippen LogP contribution in [0.1, 0.15) is 29.5 Å². The molecule has 98 valence electrons. The second-order valence-corrected chi connectivity index (χ2v) is 6.08. The van der Waals surface area contributed by atoms with E-state index < -0.39 is 0 Å². The first-order chi connectivity index (χ1) is 8.72. The third kappa shape index (κ3) is 2.76. The fraction of sp³-hybridized carbons (Fsp3) is 0.625. The van der Waals surface area contributed by atoms with E-state index >= 15 is 0 Å². The monoisotopic (exact) mass is 244 g/mol. The Morgan fingerprint density at radius 1 is 1.17 bits per heavy atom. The molecule has 0 bridgehead atoms. The van der Waals surface area contributed by atoms with Gasteiger partial charge in [-0.2, -0.15) is 0 Å². The van der Waals surface area contributed by atoms with Crippen LogP contribution in [-0.2, 0) is 6.54 Å². The van der Waals surface area contributed by atoms with Gasteiger partial charge in [0.2, 0.25) is 0 Å². The molecule has 1 aliphatic carbocycles. The van der Waals surface area contributed by atoms with Crippen molar-refractivity contribution < 1.29 is 0 Å². The molecule has 0 radical (unpaired) electrons. The highest BCUT2D eigenvalue weighted by Gasteiger charge is 2.36. The highest BCUT2D eigenvalue weighted by molar-refractivity contribution is 5.28. The molecule has 0 amide bonds. The van der Waals surface area contributed by atoms with Crippen LogP contribution in [0.15, 0.2) is 18.2 Å². The van der Waals surface area contributed by atoms with Gasteiger partial charge in [0, 0.05) is 32.2 Å². The Labute approximate surface area is 110 Å². The molecular weight excluding hydrogens is 220 g/mol. The minimum absolute atomic E-state index is 0.777. The van der Waals surface area contributed by atoms with Crippen LogP contribution in [-0.4, -0.2) is 30.6 Å². The van der Waals surface area contributed by atoms with Gasteiger partial charge in [0.1, 0.15) is 0 Å². The molecule has 1 aromatic rings. The van der Waals surface area contributed by atoms with Crippen LogP contribution in [0.5, 0.6) is 0 Å². The number of benzene rings is 1. The Bertz CT molecular complexity index is 403. The normalized spacial score (nSPS) is 25.3. The molecule has 1 aliphatic heterocycles. The molecule has 1 N–H and O–H groups in total. The van der Waals surface area contributed by atoms with Crippen molar-refractivity contribution in [3.8, 4) is 0 Å². The quantitative estimate of drug-likeness (QED) is 0.879. The van der Waals surface area contributed by atoms with Gasteiger partial charge in [0.15, 0.2) is 0 Å². The number of hydrogen-bond donors (Lipinski definition) is 1. The molecule has 0 spiro atoms. The maximum atomic E-state index is 3.55. The molecule has 1 saturated heterocycles. The van der Waals surface area contributed by atoms with Gasteiger partial charge < -0.3 is 5.32 Å². The van der Waals surface area contributed by atoms with Gasteiger partial charge in [-0.05, 0) is 38.2 Å². The summed E-state index contributed by atoms with van der Waals surface area (Å²) in [5.41, 5.74) is 4.27. The van der Waals surface area contributed by atoms with E-state index in [-0.39, 0.29) is 0 Å². The number of nitrogens with one attached hydrogen (secondary N) is 1. The fourth-order valence-corrected chi connectivity index (χ4v) is 3.30. The van der Waals surface area contributed by atoms with Gasteiger partial charge in [-0.25, -0.2) is 0 Å². The summed E-state index contributed by atoms with van der Waals surface area (Å²) in [7, 11) is 0. The van der Waals surface area contributed by atoms with E-state index in [1.165, 1.54) is 42.6 Å². The second kappa shape index (κ2) is 5.02. The van der Waals surface area contributed by atoms with Gasteiger partial charge in [0.25, 0.3) is 0 Å². The van der Waals surface area contributed by atoms with Crippen LogP contribution in [0.4, 0.5) is 0 Å². The van der Waals surface area contributed by atoms with Crippen LogP contribution in [0.2, 0.25) is 0 Å². The van der Waals surface area contributed by atoms with E-state index in [0.717, 1.165) is 25.0 Å². The molecule has 2 nitrogen and oxygen atoms in total. The van der Waals surface area contributed by atoms with Crippen molar-refractivity contribution >= 4 is 0 Å². The molecule has 18 heavy (non-hydrogen) atoms. The molecule has 2 heteroatoms. The second-order valence-electron chi connectivity index (χ2n) is 6.08. The van der Waals surface area contributed by atoms with Crippen LogP contribution in [0.25, 0.3) is 0 Å². The summed E-state index contributed by atoms with van der Waals surface area (Å²) >= 11 is 0. The summed E-state index contributed by atoms with van der Waals surface area (Å²) < 4.78 is 0. The van der Waals surface area contributed by atoms with Crippen LogP contribution in [0, 0.1) is 19.8 Å². The SMILES string of the molecule is Cc1cc(C)cc(CN2CCNCC2C2CC2)c1. The van der Waals surface area contributed by atoms with Crippen LogP contribution in [0.3, 0.4) is 0 Å². The van der Waals surface area contributed by atoms with Crippen molar-refractivity contribution in [3.63, 3.8) is 0 Å². The maximum absolute atomic E-state index is 3.55. The number of hydrogen-bond acceptors (Lipinski definition) is 2. The van der Waals surface area contributed by atoms with Gasteiger partial charge >= 0.3 is 0 Å². The Kier molecular flexibility index (Phi) is 3.40. The molecule has 0 aromatic heterocycles. The predicted molar refractivity (Wildman–Crippen MR) is 75.7 cm³/mol. The largest absolute Gasteiger partial charge is 0.314 e. The fourth-order valence-electron chi connectivity index (χ4n) is 3.30. The van der Waals surface area contributed by atoms with E-state index in [2.05, 4.69) is 42.3 Å². The molecule has 1 aromatic carbocycles. The zero-order valence-electron chi connectivity index (χ0n) is 11.6. The van der Waals surface area contributed by atoms with Gasteiger partial charge in [-0.3, -0.25) is 4.90 Å². The first-order valence-corrected chi connectivity index (χ1v) is 7.24.